The second-order valence-corrected chi connectivity index (χ2v) is 4.62. The maximum atomic E-state index is 12.8. The summed E-state index contributed by atoms with van der Waals surface area (Å²) in [6, 6.07) is 13.6. The van der Waals surface area contributed by atoms with Crippen LogP contribution in [0.2, 0.25) is 0 Å². The Kier molecular flexibility index (Phi) is 3.64. The molecule has 1 aromatic heterocycles. The topological polar surface area (TPSA) is 48.2 Å². The van der Waals surface area contributed by atoms with E-state index in [4.69, 9.17) is 9.26 Å². The molecule has 106 valence electrons. The summed E-state index contributed by atoms with van der Waals surface area (Å²) >= 11 is 0. The molecular weight excluding hydrogens is 271 g/mol. The highest BCUT2D eigenvalue weighted by Crippen LogP contribution is 2.18. The van der Waals surface area contributed by atoms with Crippen molar-refractivity contribution in [3.8, 4) is 17.1 Å². The largest absolute Gasteiger partial charge is 0.484 e. The zero-order valence-electron chi connectivity index (χ0n) is 11.4. The molecular formula is C16H13FN2O2. The van der Waals surface area contributed by atoms with Crippen LogP contribution in [0.3, 0.4) is 0 Å². The van der Waals surface area contributed by atoms with Crippen molar-refractivity contribution in [3.63, 3.8) is 0 Å². The third-order valence-corrected chi connectivity index (χ3v) is 2.92. The van der Waals surface area contributed by atoms with Gasteiger partial charge in [0.05, 0.1) is 0 Å². The number of hydrogen-bond acceptors (Lipinski definition) is 4. The summed E-state index contributed by atoms with van der Waals surface area (Å²) < 4.78 is 23.4. The highest BCUT2D eigenvalue weighted by Gasteiger charge is 2.09. The highest BCUT2D eigenvalue weighted by molar-refractivity contribution is 5.55. The van der Waals surface area contributed by atoms with Crippen LogP contribution < -0.4 is 4.74 Å². The van der Waals surface area contributed by atoms with Crippen molar-refractivity contribution in [3.05, 3.63) is 65.8 Å². The van der Waals surface area contributed by atoms with Crippen LogP contribution in [0.5, 0.6) is 5.75 Å². The zero-order chi connectivity index (χ0) is 14.7. The molecule has 4 nitrogen and oxygen atoms in total. The quantitative estimate of drug-likeness (QED) is 0.732. The van der Waals surface area contributed by atoms with Gasteiger partial charge in [-0.05, 0) is 37.3 Å². The molecule has 0 unspecified atom stereocenters. The van der Waals surface area contributed by atoms with Crippen molar-refractivity contribution in [2.24, 2.45) is 0 Å². The van der Waals surface area contributed by atoms with Crippen LogP contribution in [-0.4, -0.2) is 10.1 Å². The van der Waals surface area contributed by atoms with Crippen molar-refractivity contribution in [1.29, 1.82) is 0 Å². The molecule has 3 rings (SSSR count). The van der Waals surface area contributed by atoms with Crippen LogP contribution in [0.15, 0.2) is 53.1 Å². The summed E-state index contributed by atoms with van der Waals surface area (Å²) in [4.78, 5) is 4.28. The predicted molar refractivity (Wildman–Crippen MR) is 75.2 cm³/mol. The number of hydrogen-bond donors (Lipinski definition) is 0. The summed E-state index contributed by atoms with van der Waals surface area (Å²) in [5.74, 6) is 1.14. The zero-order valence-corrected chi connectivity index (χ0v) is 11.4. The lowest BCUT2D eigenvalue weighted by molar-refractivity contribution is 0.242. The minimum atomic E-state index is -0.304. The van der Waals surface area contributed by atoms with Gasteiger partial charge in [-0.2, -0.15) is 4.98 Å². The van der Waals surface area contributed by atoms with Crippen molar-refractivity contribution >= 4 is 0 Å². The van der Waals surface area contributed by atoms with Gasteiger partial charge in [0.15, 0.2) is 6.61 Å². The van der Waals surface area contributed by atoms with Gasteiger partial charge in [0, 0.05) is 5.56 Å². The Labute approximate surface area is 121 Å². The number of ether oxygens (including phenoxy) is 1. The predicted octanol–water partition coefficient (Wildman–Crippen LogP) is 3.76. The smallest absolute Gasteiger partial charge is 0.264 e. The summed E-state index contributed by atoms with van der Waals surface area (Å²) in [6.45, 7) is 2.15. The fraction of sp³-hybridized carbons (Fsp3) is 0.125. The Hall–Kier alpha value is -2.69. The van der Waals surface area contributed by atoms with E-state index in [2.05, 4.69) is 10.1 Å². The van der Waals surface area contributed by atoms with E-state index in [-0.39, 0.29) is 12.4 Å². The van der Waals surface area contributed by atoms with E-state index in [1.807, 2.05) is 31.2 Å². The maximum absolute atomic E-state index is 12.8. The lowest BCUT2D eigenvalue weighted by Gasteiger charge is -2.01. The van der Waals surface area contributed by atoms with Crippen LogP contribution in [0.1, 0.15) is 11.5 Å². The highest BCUT2D eigenvalue weighted by atomic mass is 19.1. The summed E-state index contributed by atoms with van der Waals surface area (Å²) in [7, 11) is 0. The van der Waals surface area contributed by atoms with Gasteiger partial charge in [-0.1, -0.05) is 28.9 Å². The molecule has 0 atom stereocenters. The van der Waals surface area contributed by atoms with Crippen molar-refractivity contribution in [1.82, 2.24) is 10.1 Å². The van der Waals surface area contributed by atoms with Gasteiger partial charge >= 0.3 is 0 Å². The number of aryl methyl sites for hydroxylation is 1. The first-order chi connectivity index (χ1) is 10.2. The van der Waals surface area contributed by atoms with Crippen LogP contribution in [0.25, 0.3) is 11.4 Å². The normalized spacial score (nSPS) is 10.6. The molecule has 21 heavy (non-hydrogen) atoms. The number of halogens is 1. The lowest BCUT2D eigenvalue weighted by Crippen LogP contribution is -1.95. The van der Waals surface area contributed by atoms with E-state index >= 15 is 0 Å². The third-order valence-electron chi connectivity index (χ3n) is 2.92. The van der Waals surface area contributed by atoms with E-state index in [0.717, 1.165) is 11.1 Å². The molecule has 0 radical (unpaired) electrons. The van der Waals surface area contributed by atoms with Crippen LogP contribution >= 0.6 is 0 Å². The number of benzene rings is 2. The average Bonchev–Trinajstić information content (AvgIpc) is 2.96. The maximum Gasteiger partial charge on any atom is 0.264 e. The molecule has 0 saturated heterocycles. The first kappa shape index (κ1) is 13.3. The molecule has 0 saturated carbocycles. The van der Waals surface area contributed by atoms with Crippen LogP contribution in [0.4, 0.5) is 4.39 Å². The monoisotopic (exact) mass is 284 g/mol. The second kappa shape index (κ2) is 5.75. The SMILES string of the molecule is Cc1cccc(-c2noc(COc3ccc(F)cc3)n2)c1. The molecule has 0 aliphatic rings. The molecule has 0 N–H and O–H groups in total. The first-order valence-electron chi connectivity index (χ1n) is 6.49. The Morgan fingerprint density at radius 3 is 2.71 bits per heavy atom. The van der Waals surface area contributed by atoms with Gasteiger partial charge in [-0.3, -0.25) is 0 Å². The fourth-order valence-electron chi connectivity index (χ4n) is 1.89. The van der Waals surface area contributed by atoms with Crippen molar-refractivity contribution < 1.29 is 13.7 Å². The van der Waals surface area contributed by atoms with E-state index in [1.165, 1.54) is 12.1 Å². The van der Waals surface area contributed by atoms with Gasteiger partial charge in [-0.15, -0.1) is 0 Å². The standard InChI is InChI=1S/C16H13FN2O2/c1-11-3-2-4-12(9-11)16-18-15(21-19-16)10-20-14-7-5-13(17)6-8-14/h2-9H,10H2,1H3. The Bertz CT molecular complexity index is 738. The molecule has 0 aliphatic carbocycles. The van der Waals surface area contributed by atoms with Crippen LogP contribution in [-0.2, 0) is 6.61 Å². The summed E-state index contributed by atoms with van der Waals surface area (Å²) in [5, 5.41) is 3.93. The van der Waals surface area contributed by atoms with E-state index < -0.39 is 0 Å². The Morgan fingerprint density at radius 1 is 1.14 bits per heavy atom. The fourth-order valence-corrected chi connectivity index (χ4v) is 1.89. The van der Waals surface area contributed by atoms with Gasteiger partial charge in [0.2, 0.25) is 5.82 Å². The summed E-state index contributed by atoms with van der Waals surface area (Å²) in [6.07, 6.45) is 0. The van der Waals surface area contributed by atoms with Gasteiger partial charge < -0.3 is 9.26 Å². The minimum absolute atomic E-state index is 0.143. The summed E-state index contributed by atoms with van der Waals surface area (Å²) in [5.41, 5.74) is 2.02. The van der Waals surface area contributed by atoms with E-state index in [9.17, 15) is 4.39 Å². The Balaban J connectivity index is 1.69. The molecule has 0 spiro atoms. The van der Waals surface area contributed by atoms with Crippen molar-refractivity contribution in [2.45, 2.75) is 13.5 Å². The molecule has 0 aliphatic heterocycles. The molecule has 0 fully saturated rings. The first-order valence-corrected chi connectivity index (χ1v) is 6.49. The molecule has 2 aromatic carbocycles. The molecule has 5 heteroatoms. The molecule has 0 bridgehead atoms. The van der Waals surface area contributed by atoms with Gasteiger partial charge in [0.25, 0.3) is 5.89 Å². The van der Waals surface area contributed by atoms with Crippen molar-refractivity contribution in [2.75, 3.05) is 0 Å². The van der Waals surface area contributed by atoms with Crippen LogP contribution in [0, 0.1) is 12.7 Å². The van der Waals surface area contributed by atoms with Gasteiger partial charge in [0.1, 0.15) is 11.6 Å². The van der Waals surface area contributed by atoms with E-state index in [0.29, 0.717) is 17.5 Å². The minimum Gasteiger partial charge on any atom is -0.484 e. The number of nitrogens with zero attached hydrogens (tertiary/aromatic N) is 2. The van der Waals surface area contributed by atoms with E-state index in [1.54, 1.807) is 12.1 Å². The molecule has 1 heterocycles. The Morgan fingerprint density at radius 2 is 1.95 bits per heavy atom. The average molecular weight is 284 g/mol. The molecule has 3 aromatic rings. The molecule has 0 amide bonds. The number of aromatic nitrogens is 2. The number of rotatable bonds is 4. The lowest BCUT2D eigenvalue weighted by atomic mass is 10.1. The van der Waals surface area contributed by atoms with Gasteiger partial charge in [-0.25, -0.2) is 4.39 Å². The second-order valence-electron chi connectivity index (χ2n) is 4.62. The third kappa shape index (κ3) is 3.25.